The Hall–Kier alpha value is -1.60. The summed E-state index contributed by atoms with van der Waals surface area (Å²) in [6, 6.07) is 5.71. The second-order valence-corrected chi connectivity index (χ2v) is 7.60. The zero-order valence-electron chi connectivity index (χ0n) is 11.7. The van der Waals surface area contributed by atoms with Gasteiger partial charge in [-0.15, -0.1) is 0 Å². The number of nitrogens with zero attached hydrogens (tertiary/aromatic N) is 2. The lowest BCUT2D eigenvalue weighted by molar-refractivity contribution is 0.412. The molecule has 0 aliphatic heterocycles. The number of rotatable bonds is 4. The van der Waals surface area contributed by atoms with Crippen molar-refractivity contribution in [3.8, 4) is 5.19 Å². The van der Waals surface area contributed by atoms with Crippen LogP contribution in [-0.2, 0) is 10.0 Å². The molecular formula is C13H16N2O3S2. The molecule has 0 saturated carbocycles. The summed E-state index contributed by atoms with van der Waals surface area (Å²) in [7, 11) is -0.604. The fourth-order valence-corrected chi connectivity index (χ4v) is 4.13. The molecular weight excluding hydrogens is 296 g/mol. The highest BCUT2D eigenvalue weighted by Crippen LogP contribution is 2.31. The molecule has 0 saturated heterocycles. The molecule has 0 bridgehead atoms. The number of hydrogen-bond acceptors (Lipinski definition) is 5. The van der Waals surface area contributed by atoms with Gasteiger partial charge in [0.15, 0.2) is 4.21 Å². The smallest absolute Gasteiger partial charge is 0.275 e. The molecule has 0 unspecified atom stereocenters. The second kappa shape index (κ2) is 5.41. The normalized spacial score (nSPS) is 11.4. The van der Waals surface area contributed by atoms with E-state index in [1.165, 1.54) is 17.6 Å². The first-order valence-corrected chi connectivity index (χ1v) is 8.18. The van der Waals surface area contributed by atoms with E-state index < -0.39 is 10.0 Å². The second-order valence-electron chi connectivity index (χ2n) is 4.41. The Morgan fingerprint density at radius 2 is 2.00 bits per heavy atom. The highest BCUT2D eigenvalue weighted by Gasteiger charge is 2.25. The van der Waals surface area contributed by atoms with Gasteiger partial charge in [0.1, 0.15) is 0 Å². The summed E-state index contributed by atoms with van der Waals surface area (Å²) in [5.41, 5.74) is 2.57. The van der Waals surface area contributed by atoms with Crippen molar-refractivity contribution in [2.45, 2.75) is 18.1 Å². The molecule has 5 nitrogen and oxygen atoms in total. The Morgan fingerprint density at radius 3 is 2.60 bits per heavy atom. The Kier molecular flexibility index (Phi) is 4.01. The molecule has 1 heterocycles. The standard InChI is InChI=1S/C13H16N2O3S2/c1-9-5-6-10(2)11(7-9)15(3)20(16,17)12-8-14-13(18-4)19-12/h5-8H,1-4H3. The van der Waals surface area contributed by atoms with Gasteiger partial charge in [-0.05, 0) is 31.0 Å². The van der Waals surface area contributed by atoms with Crippen LogP contribution in [0.1, 0.15) is 11.1 Å². The van der Waals surface area contributed by atoms with Crippen LogP contribution in [-0.4, -0.2) is 27.6 Å². The van der Waals surface area contributed by atoms with E-state index in [4.69, 9.17) is 4.74 Å². The third-order valence-electron chi connectivity index (χ3n) is 2.96. The van der Waals surface area contributed by atoms with Crippen LogP contribution < -0.4 is 9.04 Å². The van der Waals surface area contributed by atoms with Gasteiger partial charge in [0.2, 0.25) is 0 Å². The molecule has 1 aromatic carbocycles. The first-order chi connectivity index (χ1) is 9.36. The van der Waals surface area contributed by atoms with Crippen LogP contribution in [0.2, 0.25) is 0 Å². The minimum Gasteiger partial charge on any atom is -0.473 e. The van der Waals surface area contributed by atoms with Gasteiger partial charge in [-0.3, -0.25) is 4.31 Å². The van der Waals surface area contributed by atoms with Gasteiger partial charge < -0.3 is 4.74 Å². The van der Waals surface area contributed by atoms with E-state index >= 15 is 0 Å². The van der Waals surface area contributed by atoms with Gasteiger partial charge in [-0.2, -0.15) is 0 Å². The zero-order valence-corrected chi connectivity index (χ0v) is 13.4. The molecule has 0 aliphatic carbocycles. The van der Waals surface area contributed by atoms with E-state index in [1.54, 1.807) is 7.05 Å². The van der Waals surface area contributed by atoms with Gasteiger partial charge >= 0.3 is 0 Å². The molecule has 20 heavy (non-hydrogen) atoms. The molecule has 1 aromatic heterocycles. The van der Waals surface area contributed by atoms with Crippen molar-refractivity contribution in [3.63, 3.8) is 0 Å². The summed E-state index contributed by atoms with van der Waals surface area (Å²) in [4.78, 5) is 3.91. The molecule has 0 radical (unpaired) electrons. The maximum atomic E-state index is 12.6. The number of aromatic nitrogens is 1. The number of aryl methyl sites for hydroxylation is 2. The number of methoxy groups -OCH3 is 1. The Morgan fingerprint density at radius 1 is 1.30 bits per heavy atom. The topological polar surface area (TPSA) is 59.5 Å². The molecule has 108 valence electrons. The van der Waals surface area contributed by atoms with Crippen LogP contribution in [0, 0.1) is 13.8 Å². The lowest BCUT2D eigenvalue weighted by Gasteiger charge is -2.20. The highest BCUT2D eigenvalue weighted by atomic mass is 32.2. The van der Waals surface area contributed by atoms with Crippen molar-refractivity contribution in [2.75, 3.05) is 18.5 Å². The van der Waals surface area contributed by atoms with Crippen molar-refractivity contribution in [2.24, 2.45) is 0 Å². The predicted molar refractivity (Wildman–Crippen MR) is 80.2 cm³/mol. The van der Waals surface area contributed by atoms with E-state index in [-0.39, 0.29) is 4.21 Å². The molecule has 0 N–H and O–H groups in total. The average molecular weight is 312 g/mol. The van der Waals surface area contributed by atoms with Crippen molar-refractivity contribution in [1.82, 2.24) is 4.98 Å². The van der Waals surface area contributed by atoms with Crippen molar-refractivity contribution >= 4 is 27.0 Å². The molecule has 0 fully saturated rings. The lowest BCUT2D eigenvalue weighted by atomic mass is 10.1. The summed E-state index contributed by atoms with van der Waals surface area (Å²) in [5, 5.41) is 0.331. The number of benzene rings is 1. The summed E-state index contributed by atoms with van der Waals surface area (Å²) >= 11 is 1.01. The van der Waals surface area contributed by atoms with E-state index in [2.05, 4.69) is 4.98 Å². The number of anilines is 1. The molecule has 2 aromatic rings. The number of hydrogen-bond donors (Lipinski definition) is 0. The van der Waals surface area contributed by atoms with Gasteiger partial charge in [0.05, 0.1) is 19.0 Å². The third kappa shape index (κ3) is 2.64. The van der Waals surface area contributed by atoms with Gasteiger partial charge in [0.25, 0.3) is 15.2 Å². The largest absolute Gasteiger partial charge is 0.473 e. The minimum absolute atomic E-state index is 0.165. The van der Waals surface area contributed by atoms with Crippen LogP contribution in [0.25, 0.3) is 0 Å². The van der Waals surface area contributed by atoms with Gasteiger partial charge in [-0.25, -0.2) is 13.4 Å². The first kappa shape index (κ1) is 14.8. The number of thiazole rings is 1. The Balaban J connectivity index is 2.45. The van der Waals surface area contributed by atoms with E-state index in [9.17, 15) is 8.42 Å². The predicted octanol–water partition coefficient (Wildman–Crippen LogP) is 2.59. The summed E-state index contributed by atoms with van der Waals surface area (Å²) < 4.78 is 31.5. The number of sulfonamides is 1. The SMILES string of the molecule is COc1ncc(S(=O)(=O)N(C)c2cc(C)ccc2C)s1. The van der Waals surface area contributed by atoms with Crippen LogP contribution in [0.3, 0.4) is 0 Å². The van der Waals surface area contributed by atoms with E-state index in [1.807, 2.05) is 32.0 Å². The molecule has 0 spiro atoms. The summed E-state index contributed by atoms with van der Waals surface area (Å²) in [6.45, 7) is 3.81. The van der Waals surface area contributed by atoms with Crippen LogP contribution in [0.15, 0.2) is 28.6 Å². The Labute approximate surface area is 122 Å². The molecule has 2 rings (SSSR count). The van der Waals surface area contributed by atoms with Crippen LogP contribution >= 0.6 is 11.3 Å². The zero-order chi connectivity index (χ0) is 14.9. The summed E-state index contributed by atoms with van der Waals surface area (Å²) in [5.74, 6) is 0. The monoisotopic (exact) mass is 312 g/mol. The van der Waals surface area contributed by atoms with Crippen molar-refractivity contribution in [3.05, 3.63) is 35.5 Å². The molecule has 0 amide bonds. The van der Waals surface area contributed by atoms with E-state index in [0.29, 0.717) is 10.9 Å². The third-order valence-corrected chi connectivity index (χ3v) is 6.12. The molecule has 0 atom stereocenters. The summed E-state index contributed by atoms with van der Waals surface area (Å²) in [6.07, 6.45) is 1.32. The highest BCUT2D eigenvalue weighted by molar-refractivity contribution is 7.94. The van der Waals surface area contributed by atoms with Crippen molar-refractivity contribution < 1.29 is 13.2 Å². The van der Waals surface area contributed by atoms with Crippen LogP contribution in [0.4, 0.5) is 5.69 Å². The number of ether oxygens (including phenoxy) is 1. The van der Waals surface area contributed by atoms with Gasteiger partial charge in [0, 0.05) is 7.05 Å². The molecule has 7 heteroatoms. The van der Waals surface area contributed by atoms with Gasteiger partial charge in [-0.1, -0.05) is 23.5 Å². The van der Waals surface area contributed by atoms with Crippen LogP contribution in [0.5, 0.6) is 5.19 Å². The lowest BCUT2D eigenvalue weighted by Crippen LogP contribution is -2.26. The average Bonchev–Trinajstić information content (AvgIpc) is 2.90. The quantitative estimate of drug-likeness (QED) is 0.870. The fourth-order valence-electron chi connectivity index (χ4n) is 1.78. The maximum Gasteiger partial charge on any atom is 0.275 e. The van der Waals surface area contributed by atoms with E-state index in [0.717, 1.165) is 22.5 Å². The minimum atomic E-state index is -3.61. The Bertz CT molecular complexity index is 723. The molecule has 0 aliphatic rings. The van der Waals surface area contributed by atoms with Crippen molar-refractivity contribution in [1.29, 1.82) is 0 Å². The first-order valence-electron chi connectivity index (χ1n) is 5.92. The fraction of sp³-hybridized carbons (Fsp3) is 0.308. The maximum absolute atomic E-state index is 12.6.